The molecule has 0 aliphatic carbocycles. The standard InChI is InChI=1S/C16H14BrNS/c1-10-6-7-13(12-5-3-2-4-11(10)12)16(18)14-8-9-15(17)19-14/h2-9,16H,18H2,1H3. The van der Waals surface area contributed by atoms with Crippen LogP contribution in [-0.2, 0) is 0 Å². The van der Waals surface area contributed by atoms with Crippen molar-refractivity contribution >= 4 is 38.0 Å². The maximum absolute atomic E-state index is 6.44. The van der Waals surface area contributed by atoms with Crippen LogP contribution in [0, 0.1) is 6.92 Å². The molecule has 0 radical (unpaired) electrons. The van der Waals surface area contributed by atoms with Crippen LogP contribution in [0.15, 0.2) is 52.3 Å². The Bertz CT molecular complexity index is 732. The fraction of sp³-hybridized carbons (Fsp3) is 0.125. The van der Waals surface area contributed by atoms with Gasteiger partial charge in [-0.15, -0.1) is 11.3 Å². The van der Waals surface area contributed by atoms with E-state index in [0.29, 0.717) is 0 Å². The summed E-state index contributed by atoms with van der Waals surface area (Å²) in [6, 6.07) is 16.8. The molecular formula is C16H14BrNS. The van der Waals surface area contributed by atoms with Crippen molar-refractivity contribution in [1.82, 2.24) is 0 Å². The molecule has 2 N–H and O–H groups in total. The van der Waals surface area contributed by atoms with E-state index in [1.165, 1.54) is 26.8 Å². The maximum atomic E-state index is 6.44. The highest BCUT2D eigenvalue weighted by Crippen LogP contribution is 2.33. The number of rotatable bonds is 2. The number of nitrogens with two attached hydrogens (primary N) is 1. The van der Waals surface area contributed by atoms with Crippen molar-refractivity contribution < 1.29 is 0 Å². The number of aryl methyl sites for hydroxylation is 1. The largest absolute Gasteiger partial charge is 0.320 e. The summed E-state index contributed by atoms with van der Waals surface area (Å²) < 4.78 is 1.12. The molecule has 1 heterocycles. The van der Waals surface area contributed by atoms with Crippen molar-refractivity contribution in [2.24, 2.45) is 5.73 Å². The van der Waals surface area contributed by atoms with Gasteiger partial charge in [-0.1, -0.05) is 36.4 Å². The molecule has 0 spiro atoms. The molecule has 0 aliphatic rings. The summed E-state index contributed by atoms with van der Waals surface area (Å²) in [6.07, 6.45) is 0. The van der Waals surface area contributed by atoms with Gasteiger partial charge >= 0.3 is 0 Å². The highest BCUT2D eigenvalue weighted by Gasteiger charge is 2.14. The molecule has 1 aromatic heterocycles. The van der Waals surface area contributed by atoms with Crippen molar-refractivity contribution in [3.05, 3.63) is 68.3 Å². The Kier molecular flexibility index (Phi) is 3.44. The van der Waals surface area contributed by atoms with Gasteiger partial charge in [-0.25, -0.2) is 0 Å². The molecule has 19 heavy (non-hydrogen) atoms. The van der Waals surface area contributed by atoms with Gasteiger partial charge in [-0.2, -0.15) is 0 Å². The van der Waals surface area contributed by atoms with E-state index in [1.807, 2.05) is 0 Å². The van der Waals surface area contributed by atoms with E-state index in [1.54, 1.807) is 11.3 Å². The van der Waals surface area contributed by atoms with Gasteiger partial charge < -0.3 is 5.73 Å². The van der Waals surface area contributed by atoms with Crippen molar-refractivity contribution in [2.45, 2.75) is 13.0 Å². The van der Waals surface area contributed by atoms with E-state index >= 15 is 0 Å². The van der Waals surface area contributed by atoms with Crippen molar-refractivity contribution in [1.29, 1.82) is 0 Å². The topological polar surface area (TPSA) is 26.0 Å². The zero-order valence-corrected chi connectivity index (χ0v) is 13.0. The Labute approximate surface area is 125 Å². The van der Waals surface area contributed by atoms with E-state index < -0.39 is 0 Å². The van der Waals surface area contributed by atoms with Gasteiger partial charge in [0.25, 0.3) is 0 Å². The zero-order valence-electron chi connectivity index (χ0n) is 10.6. The maximum Gasteiger partial charge on any atom is 0.0702 e. The molecule has 0 fully saturated rings. The fourth-order valence-corrected chi connectivity index (χ4v) is 3.84. The van der Waals surface area contributed by atoms with Gasteiger partial charge in [-0.3, -0.25) is 0 Å². The minimum absolute atomic E-state index is 0.0678. The molecule has 1 nitrogen and oxygen atoms in total. The Balaban J connectivity index is 2.18. The minimum Gasteiger partial charge on any atom is -0.320 e. The summed E-state index contributed by atoms with van der Waals surface area (Å²) in [5.41, 5.74) is 8.92. The van der Waals surface area contributed by atoms with E-state index in [9.17, 15) is 0 Å². The second-order valence-corrected chi connectivity index (χ2v) is 7.13. The molecule has 3 aromatic rings. The Morgan fingerprint density at radius 1 is 1.00 bits per heavy atom. The fourth-order valence-electron chi connectivity index (χ4n) is 2.39. The van der Waals surface area contributed by atoms with Gasteiger partial charge in [-0.05, 0) is 56.9 Å². The van der Waals surface area contributed by atoms with Crippen LogP contribution < -0.4 is 5.73 Å². The third-order valence-corrected chi connectivity index (χ3v) is 5.12. The van der Waals surface area contributed by atoms with Crippen molar-refractivity contribution in [3.63, 3.8) is 0 Å². The van der Waals surface area contributed by atoms with Crippen LogP contribution in [-0.4, -0.2) is 0 Å². The number of hydrogen-bond acceptors (Lipinski definition) is 2. The van der Waals surface area contributed by atoms with Crippen molar-refractivity contribution in [2.75, 3.05) is 0 Å². The van der Waals surface area contributed by atoms with Crippen LogP contribution in [0.2, 0.25) is 0 Å². The monoisotopic (exact) mass is 331 g/mol. The Morgan fingerprint density at radius 3 is 2.42 bits per heavy atom. The quantitative estimate of drug-likeness (QED) is 0.700. The lowest BCUT2D eigenvalue weighted by molar-refractivity contribution is 0.903. The Morgan fingerprint density at radius 2 is 1.74 bits per heavy atom. The van der Waals surface area contributed by atoms with E-state index in [2.05, 4.69) is 71.4 Å². The van der Waals surface area contributed by atoms with Gasteiger partial charge in [0.2, 0.25) is 0 Å². The van der Waals surface area contributed by atoms with Gasteiger partial charge in [0.1, 0.15) is 0 Å². The smallest absolute Gasteiger partial charge is 0.0702 e. The summed E-state index contributed by atoms with van der Waals surface area (Å²) in [4.78, 5) is 1.18. The summed E-state index contributed by atoms with van der Waals surface area (Å²) >= 11 is 5.19. The van der Waals surface area contributed by atoms with E-state index in [-0.39, 0.29) is 6.04 Å². The van der Waals surface area contributed by atoms with Crippen LogP contribution in [0.25, 0.3) is 10.8 Å². The second-order valence-electron chi connectivity index (χ2n) is 4.64. The first kappa shape index (κ1) is 12.9. The summed E-state index contributed by atoms with van der Waals surface area (Å²) in [5.74, 6) is 0. The molecule has 2 aromatic carbocycles. The van der Waals surface area contributed by atoms with Crippen LogP contribution in [0.3, 0.4) is 0 Å². The SMILES string of the molecule is Cc1ccc(C(N)c2ccc(Br)s2)c2ccccc12. The van der Waals surface area contributed by atoms with Gasteiger partial charge in [0.05, 0.1) is 9.83 Å². The molecule has 0 bridgehead atoms. The lowest BCUT2D eigenvalue weighted by atomic mass is 9.95. The molecule has 1 atom stereocenters. The third-order valence-electron chi connectivity index (χ3n) is 3.41. The summed E-state index contributed by atoms with van der Waals surface area (Å²) in [6.45, 7) is 2.14. The highest BCUT2D eigenvalue weighted by atomic mass is 79.9. The van der Waals surface area contributed by atoms with Gasteiger partial charge in [0, 0.05) is 4.88 Å². The molecular weight excluding hydrogens is 318 g/mol. The highest BCUT2D eigenvalue weighted by molar-refractivity contribution is 9.11. The number of halogens is 1. The number of hydrogen-bond donors (Lipinski definition) is 1. The van der Waals surface area contributed by atoms with Crippen LogP contribution in [0.4, 0.5) is 0 Å². The van der Waals surface area contributed by atoms with Crippen LogP contribution >= 0.6 is 27.3 Å². The Hall–Kier alpha value is -1.16. The predicted octanol–water partition coefficient (Wildman–Crippen LogP) is 5.02. The molecule has 3 rings (SSSR count). The predicted molar refractivity (Wildman–Crippen MR) is 86.7 cm³/mol. The first-order chi connectivity index (χ1) is 9.16. The summed E-state index contributed by atoms with van der Waals surface area (Å²) in [7, 11) is 0. The van der Waals surface area contributed by atoms with Gasteiger partial charge in [0.15, 0.2) is 0 Å². The van der Waals surface area contributed by atoms with Crippen LogP contribution in [0.5, 0.6) is 0 Å². The molecule has 0 amide bonds. The summed E-state index contributed by atoms with van der Waals surface area (Å²) in [5, 5.41) is 2.53. The number of benzene rings is 2. The molecule has 0 aliphatic heterocycles. The van der Waals surface area contributed by atoms with Crippen molar-refractivity contribution in [3.8, 4) is 0 Å². The molecule has 96 valence electrons. The molecule has 1 unspecified atom stereocenters. The lowest BCUT2D eigenvalue weighted by Crippen LogP contribution is -2.10. The first-order valence-electron chi connectivity index (χ1n) is 6.16. The van der Waals surface area contributed by atoms with E-state index in [4.69, 9.17) is 5.73 Å². The molecule has 3 heteroatoms. The third kappa shape index (κ3) is 2.34. The zero-order chi connectivity index (χ0) is 13.4. The first-order valence-corrected chi connectivity index (χ1v) is 7.77. The average molecular weight is 332 g/mol. The minimum atomic E-state index is -0.0678. The lowest BCUT2D eigenvalue weighted by Gasteiger charge is -2.14. The number of fused-ring (bicyclic) bond motifs is 1. The molecule has 0 saturated heterocycles. The average Bonchev–Trinajstić information content (AvgIpc) is 2.86. The number of thiophene rings is 1. The van der Waals surface area contributed by atoms with E-state index in [0.717, 1.165) is 3.79 Å². The second kappa shape index (κ2) is 5.08. The molecule has 0 saturated carbocycles. The van der Waals surface area contributed by atoms with Crippen LogP contribution in [0.1, 0.15) is 22.0 Å². The normalized spacial score (nSPS) is 12.8.